The zero-order valence-electron chi connectivity index (χ0n) is 9.40. The van der Waals surface area contributed by atoms with Crippen LogP contribution in [0.2, 0.25) is 0 Å². The lowest BCUT2D eigenvalue weighted by Gasteiger charge is -2.06. The fourth-order valence-electron chi connectivity index (χ4n) is 1.35. The molecule has 0 atom stereocenters. The molecule has 100 valence electrons. The zero-order valence-corrected chi connectivity index (χ0v) is 11.8. The predicted molar refractivity (Wildman–Crippen MR) is 73.0 cm³/mol. The summed E-state index contributed by atoms with van der Waals surface area (Å²) in [7, 11) is 0. The van der Waals surface area contributed by atoms with E-state index in [1.165, 1.54) is 35.6 Å². The van der Waals surface area contributed by atoms with Crippen molar-refractivity contribution in [3.8, 4) is 5.75 Å². The van der Waals surface area contributed by atoms with Crippen molar-refractivity contribution in [1.29, 1.82) is 0 Å². The van der Waals surface area contributed by atoms with Crippen LogP contribution in [0.4, 0.5) is 14.5 Å². The van der Waals surface area contributed by atoms with E-state index in [1.807, 2.05) is 0 Å². The molecule has 1 amide bonds. The number of benzene rings is 1. The summed E-state index contributed by atoms with van der Waals surface area (Å²) in [5.41, 5.74) is 1.04. The van der Waals surface area contributed by atoms with E-state index >= 15 is 0 Å². The van der Waals surface area contributed by atoms with Crippen molar-refractivity contribution in [2.75, 3.05) is 5.32 Å². The van der Waals surface area contributed by atoms with E-state index in [0.29, 0.717) is 11.3 Å². The first-order chi connectivity index (χ1) is 9.04. The number of carbonyl (C=O) groups is 1. The average molecular weight is 348 g/mol. The quantitative estimate of drug-likeness (QED) is 0.891. The number of halogens is 3. The van der Waals surface area contributed by atoms with Crippen molar-refractivity contribution >= 4 is 38.9 Å². The molecular formula is C12H8BrF2NO2S. The first-order valence-electron chi connectivity index (χ1n) is 5.15. The molecule has 0 fully saturated rings. The highest BCUT2D eigenvalue weighted by Gasteiger charge is 2.09. The summed E-state index contributed by atoms with van der Waals surface area (Å²) in [5.74, 6) is -0.212. The van der Waals surface area contributed by atoms with E-state index in [1.54, 1.807) is 11.4 Å². The Balaban J connectivity index is 2.01. The topological polar surface area (TPSA) is 38.3 Å². The van der Waals surface area contributed by atoms with Crippen LogP contribution in [0.15, 0.2) is 39.5 Å². The van der Waals surface area contributed by atoms with E-state index in [4.69, 9.17) is 0 Å². The van der Waals surface area contributed by atoms with Crippen LogP contribution in [0.1, 0.15) is 10.4 Å². The molecule has 1 aromatic heterocycles. The second-order valence-corrected chi connectivity index (χ2v) is 5.79. The van der Waals surface area contributed by atoms with E-state index in [9.17, 15) is 13.6 Å². The number of amides is 1. The van der Waals surface area contributed by atoms with Gasteiger partial charge in [-0.3, -0.25) is 4.79 Å². The molecule has 19 heavy (non-hydrogen) atoms. The summed E-state index contributed by atoms with van der Waals surface area (Å²) < 4.78 is 29.0. The molecule has 7 heteroatoms. The summed E-state index contributed by atoms with van der Waals surface area (Å²) in [6, 6.07) is 7.43. The van der Waals surface area contributed by atoms with Crippen LogP contribution in [-0.4, -0.2) is 12.5 Å². The van der Waals surface area contributed by atoms with Crippen LogP contribution in [-0.2, 0) is 0 Å². The molecule has 0 saturated carbocycles. The highest BCUT2D eigenvalue weighted by Crippen LogP contribution is 2.22. The lowest BCUT2D eigenvalue weighted by atomic mass is 10.2. The van der Waals surface area contributed by atoms with Crippen molar-refractivity contribution in [3.05, 3.63) is 45.1 Å². The SMILES string of the molecule is O=C(Nc1ccc(OC(F)F)cc1)c1csc(Br)c1. The monoisotopic (exact) mass is 347 g/mol. The summed E-state index contributed by atoms with van der Waals surface area (Å²) in [4.78, 5) is 11.8. The van der Waals surface area contributed by atoms with Gasteiger partial charge in [0, 0.05) is 11.1 Å². The number of carbonyl (C=O) groups excluding carboxylic acids is 1. The molecule has 3 nitrogen and oxygen atoms in total. The number of thiophene rings is 1. The van der Waals surface area contributed by atoms with Gasteiger partial charge in [0.15, 0.2) is 0 Å². The minimum absolute atomic E-state index is 0.0475. The van der Waals surface area contributed by atoms with Crippen LogP contribution < -0.4 is 10.1 Å². The maximum Gasteiger partial charge on any atom is 0.387 e. The van der Waals surface area contributed by atoms with Crippen LogP contribution in [0.25, 0.3) is 0 Å². The third-order valence-electron chi connectivity index (χ3n) is 2.17. The number of nitrogens with one attached hydrogen (secondary N) is 1. The zero-order chi connectivity index (χ0) is 13.8. The van der Waals surface area contributed by atoms with Gasteiger partial charge in [-0.25, -0.2) is 0 Å². The van der Waals surface area contributed by atoms with E-state index in [0.717, 1.165) is 3.79 Å². The minimum atomic E-state index is -2.86. The van der Waals surface area contributed by atoms with Crippen molar-refractivity contribution < 1.29 is 18.3 Å². The maximum atomic E-state index is 12.0. The summed E-state index contributed by atoms with van der Waals surface area (Å²) in [6.45, 7) is -2.86. The highest BCUT2D eigenvalue weighted by atomic mass is 79.9. The molecular weight excluding hydrogens is 340 g/mol. The smallest absolute Gasteiger partial charge is 0.387 e. The van der Waals surface area contributed by atoms with Gasteiger partial charge in [-0.2, -0.15) is 8.78 Å². The van der Waals surface area contributed by atoms with Gasteiger partial charge in [-0.05, 0) is 46.3 Å². The van der Waals surface area contributed by atoms with Crippen molar-refractivity contribution in [3.63, 3.8) is 0 Å². The average Bonchev–Trinajstić information content (AvgIpc) is 2.78. The van der Waals surface area contributed by atoms with Gasteiger partial charge in [-0.1, -0.05) is 0 Å². The van der Waals surface area contributed by atoms with E-state index < -0.39 is 6.61 Å². The van der Waals surface area contributed by atoms with E-state index in [-0.39, 0.29) is 11.7 Å². The van der Waals surface area contributed by atoms with Gasteiger partial charge in [0.2, 0.25) is 0 Å². The van der Waals surface area contributed by atoms with Gasteiger partial charge in [-0.15, -0.1) is 11.3 Å². The number of rotatable bonds is 4. The number of hydrogen-bond donors (Lipinski definition) is 1. The third kappa shape index (κ3) is 4.00. The Bertz CT molecular complexity index is 571. The molecule has 0 radical (unpaired) electrons. The van der Waals surface area contributed by atoms with Gasteiger partial charge in [0.1, 0.15) is 5.75 Å². The minimum Gasteiger partial charge on any atom is -0.435 e. The maximum absolute atomic E-state index is 12.0. The summed E-state index contributed by atoms with van der Waals surface area (Å²) in [5, 5.41) is 4.37. The Morgan fingerprint density at radius 3 is 2.53 bits per heavy atom. The molecule has 0 aliphatic carbocycles. The van der Waals surface area contributed by atoms with E-state index in [2.05, 4.69) is 26.0 Å². The fourth-order valence-corrected chi connectivity index (χ4v) is 2.49. The van der Waals surface area contributed by atoms with Gasteiger partial charge < -0.3 is 10.1 Å². The Labute approximate surface area is 120 Å². The molecule has 2 rings (SSSR count). The molecule has 1 heterocycles. The van der Waals surface area contributed by atoms with Crippen LogP contribution in [0.3, 0.4) is 0 Å². The number of alkyl halides is 2. The Morgan fingerprint density at radius 2 is 2.00 bits per heavy atom. The third-order valence-corrected chi connectivity index (χ3v) is 3.67. The fraction of sp³-hybridized carbons (Fsp3) is 0.0833. The number of ether oxygens (including phenoxy) is 1. The molecule has 0 aliphatic rings. The molecule has 0 spiro atoms. The van der Waals surface area contributed by atoms with Gasteiger partial charge in [0.25, 0.3) is 5.91 Å². The lowest BCUT2D eigenvalue weighted by Crippen LogP contribution is -2.10. The standard InChI is InChI=1S/C12H8BrF2NO2S/c13-10-5-7(6-19-10)11(17)16-8-1-3-9(4-2-8)18-12(14)15/h1-6,12H,(H,16,17). The number of anilines is 1. The highest BCUT2D eigenvalue weighted by molar-refractivity contribution is 9.11. The van der Waals surface area contributed by atoms with Crippen molar-refractivity contribution in [2.45, 2.75) is 6.61 Å². The lowest BCUT2D eigenvalue weighted by molar-refractivity contribution is -0.0498. The van der Waals surface area contributed by atoms with Gasteiger partial charge >= 0.3 is 6.61 Å². The van der Waals surface area contributed by atoms with Crippen LogP contribution >= 0.6 is 27.3 Å². The largest absolute Gasteiger partial charge is 0.435 e. The Morgan fingerprint density at radius 1 is 1.32 bits per heavy atom. The molecule has 1 N–H and O–H groups in total. The van der Waals surface area contributed by atoms with Crippen molar-refractivity contribution in [2.24, 2.45) is 0 Å². The molecule has 0 unspecified atom stereocenters. The normalized spacial score (nSPS) is 10.5. The summed E-state index contributed by atoms with van der Waals surface area (Å²) in [6.07, 6.45) is 0. The Hall–Kier alpha value is -1.47. The number of hydrogen-bond acceptors (Lipinski definition) is 3. The van der Waals surface area contributed by atoms with Crippen LogP contribution in [0.5, 0.6) is 5.75 Å². The second kappa shape index (κ2) is 6.12. The molecule has 1 aromatic carbocycles. The Kier molecular flexibility index (Phi) is 4.49. The summed E-state index contributed by atoms with van der Waals surface area (Å²) >= 11 is 4.67. The predicted octanol–water partition coefficient (Wildman–Crippen LogP) is 4.36. The van der Waals surface area contributed by atoms with Gasteiger partial charge in [0.05, 0.1) is 9.35 Å². The molecule has 0 saturated heterocycles. The molecule has 2 aromatic rings. The molecule has 0 bridgehead atoms. The first-order valence-corrected chi connectivity index (χ1v) is 6.82. The molecule has 0 aliphatic heterocycles. The van der Waals surface area contributed by atoms with Crippen LogP contribution in [0, 0.1) is 0 Å². The van der Waals surface area contributed by atoms with Crippen molar-refractivity contribution in [1.82, 2.24) is 0 Å². The second-order valence-electron chi connectivity index (χ2n) is 3.50. The first kappa shape index (κ1) is 14.0.